The third-order valence-electron chi connectivity index (χ3n) is 4.03. The summed E-state index contributed by atoms with van der Waals surface area (Å²) in [6.45, 7) is 2.43. The number of pyridine rings is 1. The second-order valence-electron chi connectivity index (χ2n) is 6.16. The summed E-state index contributed by atoms with van der Waals surface area (Å²) in [5.74, 6) is 0.852. The number of para-hydroxylation sites is 1. The van der Waals surface area contributed by atoms with Gasteiger partial charge in [0.1, 0.15) is 0 Å². The van der Waals surface area contributed by atoms with Crippen molar-refractivity contribution in [3.63, 3.8) is 0 Å². The van der Waals surface area contributed by atoms with E-state index in [1.807, 2.05) is 42.0 Å². The monoisotopic (exact) mass is 407 g/mol. The van der Waals surface area contributed by atoms with E-state index in [1.54, 1.807) is 24.5 Å². The smallest absolute Gasteiger partial charge is 0.236 e. The lowest BCUT2D eigenvalue weighted by Gasteiger charge is -2.12. The first-order chi connectivity index (χ1) is 14.2. The molecule has 2 heterocycles. The van der Waals surface area contributed by atoms with Crippen molar-refractivity contribution in [1.29, 1.82) is 5.26 Å². The molecular weight excluding hydrogens is 386 g/mol. The molecule has 29 heavy (non-hydrogen) atoms. The molecule has 0 aliphatic carbocycles. The quantitative estimate of drug-likeness (QED) is 0.426. The molecule has 2 aromatic heterocycles. The Balaban J connectivity index is 1.60. The Morgan fingerprint density at radius 3 is 2.93 bits per heavy atom. The van der Waals surface area contributed by atoms with Gasteiger partial charge in [0.2, 0.25) is 5.91 Å². The molecule has 0 fully saturated rings. The van der Waals surface area contributed by atoms with Crippen LogP contribution >= 0.6 is 11.8 Å². The molecule has 1 aromatic carbocycles. The first-order valence-electron chi connectivity index (χ1n) is 9.16. The van der Waals surface area contributed by atoms with E-state index in [1.165, 1.54) is 11.8 Å². The number of carbonyl (C=O) groups excluding carboxylic acids is 1. The van der Waals surface area contributed by atoms with E-state index in [9.17, 15) is 4.79 Å². The second-order valence-corrected chi connectivity index (χ2v) is 7.11. The minimum absolute atomic E-state index is 0.188. The third kappa shape index (κ3) is 5.59. The van der Waals surface area contributed by atoms with Gasteiger partial charge in [0.05, 0.1) is 24.1 Å². The number of aromatic nitrogens is 3. The lowest BCUT2D eigenvalue weighted by Crippen LogP contribution is -2.16. The molecule has 0 bridgehead atoms. The number of nitriles is 1. The van der Waals surface area contributed by atoms with Crippen LogP contribution < -0.4 is 10.1 Å². The van der Waals surface area contributed by atoms with Crippen LogP contribution in [0.5, 0.6) is 5.75 Å². The Morgan fingerprint density at radius 1 is 1.24 bits per heavy atom. The van der Waals surface area contributed by atoms with E-state index < -0.39 is 0 Å². The van der Waals surface area contributed by atoms with Crippen molar-refractivity contribution in [2.75, 3.05) is 17.7 Å². The standard InChI is InChI=1S/C21H21N5O2S/c1-16-7-2-3-8-17(16)26-13-12-24-21(26)29-15-19(27)25-20-18(9-6-11-23-20)28-14-5-4-10-22/h2-3,6-9,11-13H,4-5,14-15H2,1H3,(H,23,25,27). The topological polar surface area (TPSA) is 92.8 Å². The molecule has 148 valence electrons. The van der Waals surface area contributed by atoms with E-state index in [2.05, 4.69) is 21.4 Å². The van der Waals surface area contributed by atoms with Crippen LogP contribution in [-0.2, 0) is 4.79 Å². The summed E-state index contributed by atoms with van der Waals surface area (Å²) < 4.78 is 7.60. The SMILES string of the molecule is Cc1ccccc1-n1ccnc1SCC(=O)Nc1ncccc1OCCCC#N. The average Bonchev–Trinajstić information content (AvgIpc) is 3.19. The highest BCUT2D eigenvalue weighted by molar-refractivity contribution is 7.99. The summed E-state index contributed by atoms with van der Waals surface area (Å²) in [4.78, 5) is 21.0. The van der Waals surface area contributed by atoms with E-state index in [0.29, 0.717) is 31.0 Å². The van der Waals surface area contributed by atoms with Crippen LogP contribution in [0.25, 0.3) is 5.69 Å². The van der Waals surface area contributed by atoms with Crippen LogP contribution in [0.2, 0.25) is 0 Å². The molecule has 0 unspecified atom stereocenters. The van der Waals surface area contributed by atoms with Crippen molar-refractivity contribution < 1.29 is 9.53 Å². The number of benzene rings is 1. The van der Waals surface area contributed by atoms with Crippen LogP contribution in [-0.4, -0.2) is 32.8 Å². The first kappa shape index (κ1) is 20.4. The molecule has 7 nitrogen and oxygen atoms in total. The predicted octanol–water partition coefficient (Wildman–Crippen LogP) is 3.99. The first-order valence-corrected chi connectivity index (χ1v) is 10.1. The number of rotatable bonds is 9. The highest BCUT2D eigenvalue weighted by Gasteiger charge is 2.13. The van der Waals surface area contributed by atoms with Crippen LogP contribution in [0.3, 0.4) is 0 Å². The molecule has 0 aliphatic heterocycles. The number of hydrogen-bond donors (Lipinski definition) is 1. The third-order valence-corrected chi connectivity index (χ3v) is 5.00. The lowest BCUT2D eigenvalue weighted by molar-refractivity contribution is -0.113. The summed E-state index contributed by atoms with van der Waals surface area (Å²) in [7, 11) is 0. The minimum atomic E-state index is -0.199. The van der Waals surface area contributed by atoms with Crippen molar-refractivity contribution >= 4 is 23.5 Å². The van der Waals surface area contributed by atoms with Crippen molar-refractivity contribution in [3.05, 3.63) is 60.6 Å². The number of unbranched alkanes of at least 4 members (excludes halogenated alkanes) is 1. The van der Waals surface area contributed by atoms with Crippen LogP contribution in [0, 0.1) is 18.3 Å². The van der Waals surface area contributed by atoms with Gasteiger partial charge in [-0.05, 0) is 37.1 Å². The Labute approximate surface area is 173 Å². The molecule has 1 amide bonds. The largest absolute Gasteiger partial charge is 0.490 e. The number of thioether (sulfide) groups is 1. The number of imidazole rings is 1. The summed E-state index contributed by atoms with van der Waals surface area (Å²) >= 11 is 1.35. The molecule has 8 heteroatoms. The number of nitrogens with zero attached hydrogens (tertiary/aromatic N) is 4. The fourth-order valence-corrected chi connectivity index (χ4v) is 3.41. The molecule has 0 atom stereocenters. The van der Waals surface area contributed by atoms with E-state index in [4.69, 9.17) is 10.00 Å². The normalized spacial score (nSPS) is 10.3. The molecule has 0 aliphatic rings. The number of aryl methyl sites for hydroxylation is 1. The molecule has 0 spiro atoms. The fourth-order valence-electron chi connectivity index (χ4n) is 2.65. The van der Waals surface area contributed by atoms with E-state index >= 15 is 0 Å². The molecule has 0 saturated heterocycles. The Bertz CT molecular complexity index is 1010. The number of anilines is 1. The van der Waals surface area contributed by atoms with E-state index in [-0.39, 0.29) is 11.7 Å². The Morgan fingerprint density at radius 2 is 2.10 bits per heavy atom. The maximum Gasteiger partial charge on any atom is 0.236 e. The van der Waals surface area contributed by atoms with Crippen LogP contribution in [0.15, 0.2) is 60.1 Å². The van der Waals surface area contributed by atoms with Gasteiger partial charge >= 0.3 is 0 Å². The zero-order valence-corrected chi connectivity index (χ0v) is 16.9. The maximum atomic E-state index is 12.4. The van der Waals surface area contributed by atoms with Crippen molar-refractivity contribution in [2.45, 2.75) is 24.9 Å². The highest BCUT2D eigenvalue weighted by Crippen LogP contribution is 2.24. The Hall–Kier alpha value is -3.31. The van der Waals surface area contributed by atoms with Gasteiger partial charge in [0.25, 0.3) is 0 Å². The van der Waals surface area contributed by atoms with Crippen LogP contribution in [0.4, 0.5) is 5.82 Å². The molecule has 1 N–H and O–H groups in total. The maximum absolute atomic E-state index is 12.4. The molecular formula is C21H21N5O2S. The van der Waals surface area contributed by atoms with Crippen molar-refractivity contribution in [3.8, 4) is 17.5 Å². The van der Waals surface area contributed by atoms with Gasteiger partial charge < -0.3 is 10.1 Å². The van der Waals surface area contributed by atoms with Gasteiger partial charge in [-0.3, -0.25) is 9.36 Å². The molecule has 3 rings (SSSR count). The fraction of sp³-hybridized carbons (Fsp3) is 0.238. The zero-order valence-electron chi connectivity index (χ0n) is 16.0. The summed E-state index contributed by atoms with van der Waals surface area (Å²) in [6.07, 6.45) is 6.24. The van der Waals surface area contributed by atoms with Gasteiger partial charge in [-0.2, -0.15) is 5.26 Å². The number of amides is 1. The molecule has 3 aromatic rings. The van der Waals surface area contributed by atoms with Gasteiger partial charge in [0.15, 0.2) is 16.7 Å². The predicted molar refractivity (Wildman–Crippen MR) is 112 cm³/mol. The summed E-state index contributed by atoms with van der Waals surface area (Å²) in [5.41, 5.74) is 2.16. The van der Waals surface area contributed by atoms with Gasteiger partial charge in [-0.25, -0.2) is 9.97 Å². The van der Waals surface area contributed by atoms with Crippen LogP contribution in [0.1, 0.15) is 18.4 Å². The molecule has 0 saturated carbocycles. The van der Waals surface area contributed by atoms with E-state index in [0.717, 1.165) is 16.4 Å². The summed E-state index contributed by atoms with van der Waals surface area (Å²) in [5, 5.41) is 12.1. The number of carbonyl (C=O) groups is 1. The van der Waals surface area contributed by atoms with Crippen molar-refractivity contribution in [2.24, 2.45) is 0 Å². The van der Waals surface area contributed by atoms with Crippen molar-refractivity contribution in [1.82, 2.24) is 14.5 Å². The average molecular weight is 407 g/mol. The number of hydrogen-bond acceptors (Lipinski definition) is 6. The zero-order chi connectivity index (χ0) is 20.5. The van der Waals surface area contributed by atoms with Gasteiger partial charge in [-0.15, -0.1) is 0 Å². The van der Waals surface area contributed by atoms with Gasteiger partial charge in [-0.1, -0.05) is 30.0 Å². The Kier molecular flexibility index (Phi) is 7.25. The summed E-state index contributed by atoms with van der Waals surface area (Å²) in [6, 6.07) is 13.6. The highest BCUT2D eigenvalue weighted by atomic mass is 32.2. The lowest BCUT2D eigenvalue weighted by atomic mass is 10.2. The number of nitrogens with one attached hydrogen (secondary N) is 1. The minimum Gasteiger partial charge on any atom is -0.490 e. The number of ether oxygens (including phenoxy) is 1. The molecule has 0 radical (unpaired) electrons. The van der Waals surface area contributed by atoms with Gasteiger partial charge in [0, 0.05) is 25.0 Å². The second kappa shape index (κ2) is 10.3.